The average Bonchev–Trinajstić information content (AvgIpc) is 3.05. The lowest BCUT2D eigenvalue weighted by atomic mass is 10.0. The minimum atomic E-state index is -0.00751. The molecule has 0 unspecified atom stereocenters. The number of nitrogens with one attached hydrogen (secondary N) is 1. The van der Waals surface area contributed by atoms with E-state index >= 15 is 0 Å². The fourth-order valence-electron chi connectivity index (χ4n) is 2.42. The van der Waals surface area contributed by atoms with Gasteiger partial charge in [-0.05, 0) is 18.6 Å². The Morgan fingerprint density at radius 3 is 2.75 bits per heavy atom. The first kappa shape index (κ1) is 12.9. The highest BCUT2D eigenvalue weighted by molar-refractivity contribution is 6.10. The normalized spacial score (nSPS) is 15.2. The van der Waals surface area contributed by atoms with Crippen LogP contribution < -0.4 is 5.32 Å². The summed E-state index contributed by atoms with van der Waals surface area (Å²) in [7, 11) is 0. The highest BCUT2D eigenvalue weighted by atomic mass is 16.3. The molecule has 0 bridgehead atoms. The molecule has 0 saturated carbocycles. The van der Waals surface area contributed by atoms with Crippen LogP contribution in [0.15, 0.2) is 33.5 Å². The topological polar surface area (TPSA) is 72.5 Å². The maximum atomic E-state index is 12.1. The summed E-state index contributed by atoms with van der Waals surface area (Å²) in [5, 5.41) is 3.15. The van der Waals surface area contributed by atoms with Crippen molar-refractivity contribution in [3.8, 4) is 0 Å². The first-order chi connectivity index (χ1) is 9.75. The van der Waals surface area contributed by atoms with Gasteiger partial charge in [0.25, 0.3) is 0 Å². The number of ketones is 2. The number of carbonyl (C=O) groups is 2. The Kier molecular flexibility index (Phi) is 3.52. The zero-order valence-corrected chi connectivity index (χ0v) is 11.0. The van der Waals surface area contributed by atoms with Gasteiger partial charge in [-0.3, -0.25) is 9.59 Å². The number of Topliss-reactive ketones (excluding diaryl/α,β-unsaturated/α-hetero) is 2. The molecule has 104 valence electrons. The van der Waals surface area contributed by atoms with E-state index in [1.165, 1.54) is 6.26 Å². The van der Waals surface area contributed by atoms with Crippen molar-refractivity contribution in [2.24, 2.45) is 0 Å². The Hall–Kier alpha value is -2.14. The minimum absolute atomic E-state index is 0.00519. The molecule has 1 N–H and O–H groups in total. The Balaban J connectivity index is 1.74. The summed E-state index contributed by atoms with van der Waals surface area (Å²) >= 11 is 0. The van der Waals surface area contributed by atoms with E-state index in [-0.39, 0.29) is 11.6 Å². The van der Waals surface area contributed by atoms with Crippen molar-refractivity contribution in [2.75, 3.05) is 0 Å². The average molecular weight is 273 g/mol. The van der Waals surface area contributed by atoms with Crippen molar-refractivity contribution >= 4 is 11.6 Å². The Morgan fingerprint density at radius 2 is 1.95 bits per heavy atom. The van der Waals surface area contributed by atoms with E-state index in [1.807, 2.05) is 12.1 Å². The number of fused-ring (bicyclic) bond motifs is 1. The van der Waals surface area contributed by atoms with Crippen LogP contribution >= 0.6 is 0 Å². The molecule has 0 atom stereocenters. The number of hydrogen-bond donors (Lipinski definition) is 1. The van der Waals surface area contributed by atoms with E-state index in [0.717, 1.165) is 5.76 Å². The summed E-state index contributed by atoms with van der Waals surface area (Å²) < 4.78 is 10.6. The zero-order chi connectivity index (χ0) is 13.9. The van der Waals surface area contributed by atoms with Crippen LogP contribution in [-0.4, -0.2) is 11.6 Å². The molecule has 2 aromatic rings. The highest BCUT2D eigenvalue weighted by Gasteiger charge is 2.27. The third-order valence-electron chi connectivity index (χ3n) is 3.42. The predicted octanol–water partition coefficient (Wildman–Crippen LogP) is 2.71. The maximum Gasteiger partial charge on any atom is 0.167 e. The first-order valence-electron chi connectivity index (χ1n) is 6.65. The Morgan fingerprint density at radius 1 is 1.10 bits per heavy atom. The van der Waals surface area contributed by atoms with E-state index in [2.05, 4.69) is 5.32 Å². The second-order valence-electron chi connectivity index (χ2n) is 4.83. The van der Waals surface area contributed by atoms with Gasteiger partial charge in [-0.25, -0.2) is 0 Å². The van der Waals surface area contributed by atoms with Gasteiger partial charge >= 0.3 is 0 Å². The van der Waals surface area contributed by atoms with E-state index < -0.39 is 0 Å². The smallest absolute Gasteiger partial charge is 0.167 e. The van der Waals surface area contributed by atoms with Crippen LogP contribution in [-0.2, 0) is 13.1 Å². The zero-order valence-electron chi connectivity index (χ0n) is 11.0. The van der Waals surface area contributed by atoms with Gasteiger partial charge in [-0.2, -0.15) is 0 Å². The van der Waals surface area contributed by atoms with Crippen LogP contribution in [0.25, 0.3) is 0 Å². The lowest BCUT2D eigenvalue weighted by Crippen LogP contribution is -2.14. The van der Waals surface area contributed by atoms with Gasteiger partial charge in [-0.1, -0.05) is 0 Å². The molecule has 2 aromatic heterocycles. The summed E-state index contributed by atoms with van der Waals surface area (Å²) in [6.45, 7) is 0.944. The van der Waals surface area contributed by atoms with Crippen molar-refractivity contribution < 1.29 is 18.4 Å². The van der Waals surface area contributed by atoms with Crippen LogP contribution in [0.1, 0.15) is 51.5 Å². The Labute approximate surface area is 115 Å². The molecule has 1 aliphatic rings. The van der Waals surface area contributed by atoms with E-state index in [0.29, 0.717) is 49.2 Å². The molecule has 2 heterocycles. The molecule has 0 saturated heterocycles. The fraction of sp³-hybridized carbons (Fsp3) is 0.333. The SMILES string of the molecule is O=C1CCCC(=O)c2c1coc2CNCc1ccco1. The van der Waals surface area contributed by atoms with Crippen LogP contribution in [0, 0.1) is 0 Å². The van der Waals surface area contributed by atoms with Crippen molar-refractivity contribution in [1.82, 2.24) is 5.32 Å². The van der Waals surface area contributed by atoms with Crippen LogP contribution in [0.5, 0.6) is 0 Å². The molecular formula is C15H15NO4. The van der Waals surface area contributed by atoms with Crippen LogP contribution in [0.2, 0.25) is 0 Å². The summed E-state index contributed by atoms with van der Waals surface area (Å²) in [4.78, 5) is 23.9. The highest BCUT2D eigenvalue weighted by Crippen LogP contribution is 2.25. The third kappa shape index (κ3) is 2.44. The predicted molar refractivity (Wildman–Crippen MR) is 70.5 cm³/mol. The standard InChI is InChI=1S/C15H15NO4/c17-12-4-1-5-13(18)15-11(12)9-20-14(15)8-16-7-10-3-2-6-19-10/h2-3,6,9,16H,1,4-5,7-8H2. The number of furan rings is 2. The maximum absolute atomic E-state index is 12.1. The van der Waals surface area contributed by atoms with Gasteiger partial charge in [0.15, 0.2) is 11.6 Å². The summed E-state index contributed by atoms with van der Waals surface area (Å²) in [5.41, 5.74) is 0.891. The molecule has 5 nitrogen and oxygen atoms in total. The van der Waals surface area contributed by atoms with E-state index in [4.69, 9.17) is 8.83 Å². The lowest BCUT2D eigenvalue weighted by Gasteiger charge is -2.03. The van der Waals surface area contributed by atoms with Gasteiger partial charge < -0.3 is 14.2 Å². The second kappa shape index (κ2) is 5.46. The van der Waals surface area contributed by atoms with Gasteiger partial charge in [0.1, 0.15) is 17.8 Å². The van der Waals surface area contributed by atoms with Crippen molar-refractivity contribution in [3.05, 3.63) is 47.3 Å². The van der Waals surface area contributed by atoms with E-state index in [1.54, 1.807) is 6.26 Å². The molecule has 5 heteroatoms. The molecule has 1 aliphatic carbocycles. The van der Waals surface area contributed by atoms with Crippen molar-refractivity contribution in [2.45, 2.75) is 32.4 Å². The molecule has 0 amide bonds. The van der Waals surface area contributed by atoms with Gasteiger partial charge in [-0.15, -0.1) is 0 Å². The fourth-order valence-corrected chi connectivity index (χ4v) is 2.42. The quantitative estimate of drug-likeness (QED) is 0.867. The third-order valence-corrected chi connectivity index (χ3v) is 3.42. The monoisotopic (exact) mass is 273 g/mol. The summed E-state index contributed by atoms with van der Waals surface area (Å²) in [5.74, 6) is 1.33. The number of hydrogen-bond acceptors (Lipinski definition) is 5. The van der Waals surface area contributed by atoms with Crippen molar-refractivity contribution in [1.29, 1.82) is 0 Å². The Bertz CT molecular complexity index is 624. The van der Waals surface area contributed by atoms with Crippen LogP contribution in [0.4, 0.5) is 0 Å². The van der Waals surface area contributed by atoms with Gasteiger partial charge in [0.2, 0.25) is 0 Å². The molecule has 0 aromatic carbocycles. The minimum Gasteiger partial charge on any atom is -0.468 e. The molecule has 0 aliphatic heterocycles. The van der Waals surface area contributed by atoms with Crippen molar-refractivity contribution in [3.63, 3.8) is 0 Å². The first-order valence-corrected chi connectivity index (χ1v) is 6.65. The lowest BCUT2D eigenvalue weighted by molar-refractivity contribution is 0.0980. The molecular weight excluding hydrogens is 258 g/mol. The molecule has 0 radical (unpaired) electrons. The number of carbonyl (C=O) groups excluding carboxylic acids is 2. The molecule has 0 fully saturated rings. The van der Waals surface area contributed by atoms with Gasteiger partial charge in [0.05, 0.1) is 30.5 Å². The van der Waals surface area contributed by atoms with Gasteiger partial charge in [0, 0.05) is 12.8 Å². The largest absolute Gasteiger partial charge is 0.468 e. The van der Waals surface area contributed by atoms with E-state index in [9.17, 15) is 9.59 Å². The van der Waals surface area contributed by atoms with Crippen LogP contribution in [0.3, 0.4) is 0 Å². The second-order valence-corrected chi connectivity index (χ2v) is 4.83. The molecule has 3 rings (SSSR count). The molecule has 20 heavy (non-hydrogen) atoms. The molecule has 0 spiro atoms. The summed E-state index contributed by atoms with van der Waals surface area (Å²) in [6, 6.07) is 3.68. The number of rotatable bonds is 4. The summed E-state index contributed by atoms with van der Waals surface area (Å²) in [6.07, 6.45) is 4.45.